The van der Waals surface area contributed by atoms with Crippen LogP contribution in [-0.2, 0) is 9.59 Å². The van der Waals surface area contributed by atoms with Crippen LogP contribution in [0.4, 0.5) is 0 Å². The molecule has 1 aliphatic carbocycles. The SMILES string of the molecule is CCNCC(=O)NC1(CC(=O)O)CCCCC1. The van der Waals surface area contributed by atoms with Crippen LogP contribution in [0.2, 0.25) is 0 Å². The molecule has 1 amide bonds. The number of hydrogen-bond acceptors (Lipinski definition) is 3. The zero-order valence-electron chi connectivity index (χ0n) is 10.4. The first kappa shape index (κ1) is 14.0. The van der Waals surface area contributed by atoms with Crippen LogP contribution in [-0.4, -0.2) is 35.6 Å². The van der Waals surface area contributed by atoms with Gasteiger partial charge in [0.2, 0.25) is 5.91 Å². The van der Waals surface area contributed by atoms with Crippen molar-refractivity contribution in [1.82, 2.24) is 10.6 Å². The smallest absolute Gasteiger partial charge is 0.305 e. The lowest BCUT2D eigenvalue weighted by Gasteiger charge is -2.37. The van der Waals surface area contributed by atoms with Gasteiger partial charge in [0.15, 0.2) is 0 Å². The molecule has 0 atom stereocenters. The van der Waals surface area contributed by atoms with E-state index in [4.69, 9.17) is 5.11 Å². The Morgan fingerprint density at radius 1 is 1.24 bits per heavy atom. The molecule has 5 nitrogen and oxygen atoms in total. The van der Waals surface area contributed by atoms with Gasteiger partial charge in [-0.3, -0.25) is 9.59 Å². The Morgan fingerprint density at radius 3 is 2.41 bits per heavy atom. The van der Waals surface area contributed by atoms with Gasteiger partial charge < -0.3 is 15.7 Å². The molecule has 1 rings (SSSR count). The molecule has 0 radical (unpaired) electrons. The fourth-order valence-corrected chi connectivity index (χ4v) is 2.44. The Labute approximate surface area is 102 Å². The molecule has 1 aliphatic rings. The zero-order chi connectivity index (χ0) is 12.7. The summed E-state index contributed by atoms with van der Waals surface area (Å²) < 4.78 is 0. The third-order valence-electron chi connectivity index (χ3n) is 3.24. The summed E-state index contributed by atoms with van der Waals surface area (Å²) in [6, 6.07) is 0. The van der Waals surface area contributed by atoms with Crippen molar-refractivity contribution in [2.75, 3.05) is 13.1 Å². The maximum absolute atomic E-state index is 11.7. The summed E-state index contributed by atoms with van der Waals surface area (Å²) in [7, 11) is 0. The number of rotatable bonds is 6. The lowest BCUT2D eigenvalue weighted by molar-refractivity contribution is -0.139. The summed E-state index contributed by atoms with van der Waals surface area (Å²) in [5, 5.41) is 14.8. The number of hydrogen-bond donors (Lipinski definition) is 3. The number of carboxylic acids is 1. The Balaban J connectivity index is 2.56. The normalized spacial score (nSPS) is 18.6. The predicted molar refractivity (Wildman–Crippen MR) is 64.8 cm³/mol. The lowest BCUT2D eigenvalue weighted by atomic mass is 9.79. The molecule has 0 spiro atoms. The van der Waals surface area contributed by atoms with Gasteiger partial charge in [0.1, 0.15) is 0 Å². The van der Waals surface area contributed by atoms with Crippen molar-refractivity contribution < 1.29 is 14.7 Å². The minimum absolute atomic E-state index is 0.0326. The van der Waals surface area contributed by atoms with Gasteiger partial charge in [0.05, 0.1) is 18.5 Å². The lowest BCUT2D eigenvalue weighted by Crippen LogP contribution is -2.53. The number of carbonyl (C=O) groups is 2. The number of aliphatic carboxylic acids is 1. The number of carbonyl (C=O) groups excluding carboxylic acids is 1. The van der Waals surface area contributed by atoms with E-state index in [9.17, 15) is 9.59 Å². The molecule has 0 aromatic rings. The van der Waals surface area contributed by atoms with E-state index in [1.807, 2.05) is 6.92 Å². The van der Waals surface area contributed by atoms with Crippen LogP contribution >= 0.6 is 0 Å². The molecule has 3 N–H and O–H groups in total. The average Bonchev–Trinajstić information content (AvgIpc) is 2.26. The number of carboxylic acid groups (broad SMARTS) is 1. The highest BCUT2D eigenvalue weighted by Gasteiger charge is 2.35. The first-order valence-electron chi connectivity index (χ1n) is 6.31. The average molecular weight is 242 g/mol. The molecule has 98 valence electrons. The first-order valence-corrected chi connectivity index (χ1v) is 6.31. The van der Waals surface area contributed by atoms with Crippen molar-refractivity contribution in [2.45, 2.75) is 51.0 Å². The summed E-state index contributed by atoms with van der Waals surface area (Å²) in [6.45, 7) is 2.93. The van der Waals surface area contributed by atoms with Gasteiger partial charge in [0.25, 0.3) is 0 Å². The van der Waals surface area contributed by atoms with Crippen LogP contribution in [0.3, 0.4) is 0 Å². The van der Waals surface area contributed by atoms with Gasteiger partial charge in [-0.2, -0.15) is 0 Å². The second-order valence-corrected chi connectivity index (χ2v) is 4.74. The maximum atomic E-state index is 11.7. The highest BCUT2D eigenvalue weighted by atomic mass is 16.4. The molecule has 0 aromatic heterocycles. The Morgan fingerprint density at radius 2 is 1.88 bits per heavy atom. The van der Waals surface area contributed by atoms with E-state index in [0.717, 1.165) is 38.6 Å². The minimum atomic E-state index is -0.837. The third kappa shape index (κ3) is 4.73. The number of likely N-dealkylation sites (N-methyl/N-ethyl adjacent to an activating group) is 1. The number of nitrogens with one attached hydrogen (secondary N) is 2. The fourth-order valence-electron chi connectivity index (χ4n) is 2.44. The number of amides is 1. The molecule has 5 heteroatoms. The van der Waals surface area contributed by atoms with Gasteiger partial charge in [-0.1, -0.05) is 26.2 Å². The van der Waals surface area contributed by atoms with Crippen LogP contribution < -0.4 is 10.6 Å². The zero-order valence-corrected chi connectivity index (χ0v) is 10.4. The Bertz CT molecular complexity index is 273. The van der Waals surface area contributed by atoms with Crippen molar-refractivity contribution in [3.05, 3.63) is 0 Å². The molecule has 0 saturated heterocycles. The van der Waals surface area contributed by atoms with Gasteiger partial charge >= 0.3 is 5.97 Å². The van der Waals surface area contributed by atoms with Crippen LogP contribution in [0.25, 0.3) is 0 Å². The molecule has 0 bridgehead atoms. The quantitative estimate of drug-likeness (QED) is 0.646. The van der Waals surface area contributed by atoms with E-state index in [0.29, 0.717) is 0 Å². The summed E-state index contributed by atoms with van der Waals surface area (Å²) in [4.78, 5) is 22.6. The van der Waals surface area contributed by atoms with E-state index in [2.05, 4.69) is 10.6 Å². The Kier molecular flexibility index (Phi) is 5.41. The van der Waals surface area contributed by atoms with Crippen molar-refractivity contribution in [1.29, 1.82) is 0 Å². The fraction of sp³-hybridized carbons (Fsp3) is 0.833. The molecule has 1 saturated carbocycles. The standard InChI is InChI=1S/C12H22N2O3/c1-2-13-9-10(15)14-12(8-11(16)17)6-4-3-5-7-12/h13H,2-9H2,1H3,(H,14,15)(H,16,17). The van der Waals surface area contributed by atoms with E-state index in [1.165, 1.54) is 0 Å². The highest BCUT2D eigenvalue weighted by Crippen LogP contribution is 2.31. The van der Waals surface area contributed by atoms with Gasteiger partial charge in [-0.15, -0.1) is 0 Å². The highest BCUT2D eigenvalue weighted by molar-refractivity contribution is 5.80. The van der Waals surface area contributed by atoms with Crippen LogP contribution in [0, 0.1) is 0 Å². The largest absolute Gasteiger partial charge is 0.481 e. The van der Waals surface area contributed by atoms with Crippen LogP contribution in [0.5, 0.6) is 0 Å². The van der Waals surface area contributed by atoms with E-state index < -0.39 is 11.5 Å². The topological polar surface area (TPSA) is 78.4 Å². The molecule has 17 heavy (non-hydrogen) atoms. The van der Waals surface area contributed by atoms with Gasteiger partial charge in [0, 0.05) is 0 Å². The monoisotopic (exact) mass is 242 g/mol. The molecule has 0 aliphatic heterocycles. The summed E-state index contributed by atoms with van der Waals surface area (Å²) >= 11 is 0. The summed E-state index contributed by atoms with van der Waals surface area (Å²) in [5.74, 6) is -0.939. The molecule has 0 heterocycles. The van der Waals surface area contributed by atoms with E-state index in [1.54, 1.807) is 0 Å². The van der Waals surface area contributed by atoms with Gasteiger partial charge in [-0.05, 0) is 19.4 Å². The first-order chi connectivity index (χ1) is 8.08. The second-order valence-electron chi connectivity index (χ2n) is 4.74. The second kappa shape index (κ2) is 6.59. The molecule has 0 unspecified atom stereocenters. The van der Waals surface area contributed by atoms with Crippen molar-refractivity contribution in [3.63, 3.8) is 0 Å². The van der Waals surface area contributed by atoms with Crippen LogP contribution in [0.1, 0.15) is 45.4 Å². The Hall–Kier alpha value is -1.10. The predicted octanol–water partition coefficient (Wildman–Crippen LogP) is 0.890. The summed E-state index contributed by atoms with van der Waals surface area (Å²) in [6.07, 6.45) is 4.70. The van der Waals surface area contributed by atoms with E-state index in [-0.39, 0.29) is 18.9 Å². The molecule has 0 aromatic carbocycles. The third-order valence-corrected chi connectivity index (χ3v) is 3.24. The van der Waals surface area contributed by atoms with E-state index >= 15 is 0 Å². The van der Waals surface area contributed by atoms with Gasteiger partial charge in [-0.25, -0.2) is 0 Å². The van der Waals surface area contributed by atoms with Crippen LogP contribution in [0.15, 0.2) is 0 Å². The molecular formula is C12H22N2O3. The summed E-state index contributed by atoms with van der Waals surface area (Å²) in [5.41, 5.74) is -0.517. The van der Waals surface area contributed by atoms with Crippen molar-refractivity contribution >= 4 is 11.9 Å². The molecular weight excluding hydrogens is 220 g/mol. The maximum Gasteiger partial charge on any atom is 0.305 e. The van der Waals surface area contributed by atoms with Crippen molar-refractivity contribution in [2.24, 2.45) is 0 Å². The van der Waals surface area contributed by atoms with Crippen molar-refractivity contribution in [3.8, 4) is 0 Å². The minimum Gasteiger partial charge on any atom is -0.481 e. The molecule has 1 fully saturated rings.